The van der Waals surface area contributed by atoms with Crippen molar-refractivity contribution < 1.29 is 23.5 Å². The van der Waals surface area contributed by atoms with E-state index in [1.165, 1.54) is 25.1 Å². The highest BCUT2D eigenvalue weighted by molar-refractivity contribution is 6.22. The monoisotopic (exact) mass is 363 g/mol. The molecular formula is C20H13NO6. The molecule has 27 heavy (non-hydrogen) atoms. The van der Waals surface area contributed by atoms with Gasteiger partial charge in [-0.15, -0.1) is 0 Å². The first kappa shape index (κ1) is 16.7. The standard InChI is InChI=1S/C20H13NO6/c1-11(21-18(23)14-4-2-3-5-15(14)19(21)24)20(25)26-13-8-6-12-7-9-17(22)27-16(12)10-13/h2-11H,1H3/t11-/m0/s1. The van der Waals surface area contributed by atoms with Crippen LogP contribution in [-0.4, -0.2) is 28.7 Å². The van der Waals surface area contributed by atoms with Crippen LogP contribution < -0.4 is 10.4 Å². The number of hydrogen-bond acceptors (Lipinski definition) is 6. The second-order valence-corrected chi connectivity index (χ2v) is 6.08. The molecule has 7 heteroatoms. The van der Waals surface area contributed by atoms with Crippen LogP contribution in [0.2, 0.25) is 0 Å². The first-order valence-corrected chi connectivity index (χ1v) is 8.18. The number of hydrogen-bond donors (Lipinski definition) is 0. The lowest BCUT2D eigenvalue weighted by Crippen LogP contribution is -2.44. The topological polar surface area (TPSA) is 93.9 Å². The summed E-state index contributed by atoms with van der Waals surface area (Å²) in [7, 11) is 0. The third kappa shape index (κ3) is 2.79. The summed E-state index contributed by atoms with van der Waals surface area (Å²) in [4.78, 5) is 49.6. The minimum Gasteiger partial charge on any atom is -0.425 e. The molecule has 0 N–H and O–H groups in total. The summed E-state index contributed by atoms with van der Waals surface area (Å²) < 4.78 is 10.3. The van der Waals surface area contributed by atoms with Crippen molar-refractivity contribution in [2.45, 2.75) is 13.0 Å². The van der Waals surface area contributed by atoms with E-state index in [0.717, 1.165) is 4.90 Å². The molecule has 2 amide bonds. The summed E-state index contributed by atoms with van der Waals surface area (Å²) in [6, 6.07) is 12.7. The Kier molecular flexibility index (Phi) is 3.84. The molecular weight excluding hydrogens is 350 g/mol. The van der Waals surface area contributed by atoms with Gasteiger partial charge >= 0.3 is 11.6 Å². The van der Waals surface area contributed by atoms with Crippen molar-refractivity contribution in [2.75, 3.05) is 0 Å². The third-order valence-electron chi connectivity index (χ3n) is 4.37. The zero-order valence-electron chi connectivity index (χ0n) is 14.2. The number of amides is 2. The molecule has 0 saturated heterocycles. The lowest BCUT2D eigenvalue weighted by Gasteiger charge is -2.20. The zero-order chi connectivity index (χ0) is 19.1. The van der Waals surface area contributed by atoms with Crippen LogP contribution in [0.5, 0.6) is 5.75 Å². The third-order valence-corrected chi connectivity index (χ3v) is 4.37. The van der Waals surface area contributed by atoms with E-state index in [1.807, 2.05) is 0 Å². The molecule has 7 nitrogen and oxygen atoms in total. The molecule has 1 aliphatic rings. The summed E-state index contributed by atoms with van der Waals surface area (Å²) in [6.07, 6.45) is 0. The molecule has 0 unspecified atom stereocenters. The highest BCUT2D eigenvalue weighted by atomic mass is 16.5. The average Bonchev–Trinajstić information content (AvgIpc) is 2.92. The number of carbonyl (C=O) groups excluding carboxylic acids is 3. The van der Waals surface area contributed by atoms with Gasteiger partial charge in [-0.2, -0.15) is 0 Å². The average molecular weight is 363 g/mol. The Bertz CT molecular complexity index is 1130. The maximum Gasteiger partial charge on any atom is 0.336 e. The van der Waals surface area contributed by atoms with Crippen LogP contribution >= 0.6 is 0 Å². The molecule has 2 heterocycles. The van der Waals surface area contributed by atoms with Crippen LogP contribution in [0.4, 0.5) is 0 Å². The van der Waals surface area contributed by atoms with Crippen molar-refractivity contribution in [3.8, 4) is 5.75 Å². The molecule has 0 fully saturated rings. The van der Waals surface area contributed by atoms with Crippen LogP contribution in [0.25, 0.3) is 11.0 Å². The van der Waals surface area contributed by atoms with Gasteiger partial charge in [-0.1, -0.05) is 12.1 Å². The number of esters is 1. The van der Waals surface area contributed by atoms with E-state index in [2.05, 4.69) is 0 Å². The van der Waals surface area contributed by atoms with Gasteiger partial charge in [0.05, 0.1) is 11.1 Å². The number of carbonyl (C=O) groups is 3. The molecule has 2 aromatic carbocycles. The minimum absolute atomic E-state index is 0.144. The van der Waals surface area contributed by atoms with Gasteiger partial charge in [-0.25, -0.2) is 9.59 Å². The Morgan fingerprint density at radius 2 is 1.59 bits per heavy atom. The van der Waals surface area contributed by atoms with Gasteiger partial charge in [0.2, 0.25) is 0 Å². The van der Waals surface area contributed by atoms with Crippen LogP contribution in [-0.2, 0) is 4.79 Å². The normalized spacial score (nSPS) is 14.3. The van der Waals surface area contributed by atoms with E-state index >= 15 is 0 Å². The van der Waals surface area contributed by atoms with Crippen molar-refractivity contribution in [2.24, 2.45) is 0 Å². The smallest absolute Gasteiger partial charge is 0.336 e. The van der Waals surface area contributed by atoms with E-state index in [-0.39, 0.29) is 22.5 Å². The Morgan fingerprint density at radius 1 is 0.963 bits per heavy atom. The minimum atomic E-state index is -1.11. The summed E-state index contributed by atoms with van der Waals surface area (Å²) in [6.45, 7) is 1.42. The fourth-order valence-corrected chi connectivity index (χ4v) is 2.97. The first-order chi connectivity index (χ1) is 13.0. The summed E-state index contributed by atoms with van der Waals surface area (Å²) in [5.41, 5.74) is 0.260. The lowest BCUT2D eigenvalue weighted by atomic mass is 10.1. The van der Waals surface area contributed by atoms with E-state index in [1.54, 1.807) is 36.4 Å². The quantitative estimate of drug-likeness (QED) is 0.307. The maximum absolute atomic E-state index is 12.5. The van der Waals surface area contributed by atoms with E-state index in [0.29, 0.717) is 5.39 Å². The second-order valence-electron chi connectivity index (χ2n) is 6.08. The fraction of sp³-hybridized carbons (Fsp3) is 0.100. The van der Waals surface area contributed by atoms with Crippen molar-refractivity contribution in [1.29, 1.82) is 0 Å². The number of ether oxygens (including phenoxy) is 1. The molecule has 0 bridgehead atoms. The Morgan fingerprint density at radius 3 is 2.26 bits per heavy atom. The fourth-order valence-electron chi connectivity index (χ4n) is 2.97. The largest absolute Gasteiger partial charge is 0.425 e. The number of benzene rings is 2. The molecule has 0 aliphatic carbocycles. The maximum atomic E-state index is 12.5. The zero-order valence-corrected chi connectivity index (χ0v) is 14.2. The van der Waals surface area contributed by atoms with Crippen molar-refractivity contribution >= 4 is 28.8 Å². The number of fused-ring (bicyclic) bond motifs is 2. The number of rotatable bonds is 3. The van der Waals surface area contributed by atoms with Crippen LogP contribution in [0.15, 0.2) is 63.8 Å². The van der Waals surface area contributed by atoms with Gasteiger partial charge < -0.3 is 9.15 Å². The molecule has 3 aromatic rings. The number of nitrogens with zero attached hydrogens (tertiary/aromatic N) is 1. The second kappa shape index (κ2) is 6.21. The molecule has 0 radical (unpaired) electrons. The van der Waals surface area contributed by atoms with Crippen LogP contribution in [0.3, 0.4) is 0 Å². The van der Waals surface area contributed by atoms with Gasteiger partial charge in [0.1, 0.15) is 17.4 Å². The van der Waals surface area contributed by atoms with Crippen molar-refractivity contribution in [1.82, 2.24) is 4.90 Å². The summed E-state index contributed by atoms with van der Waals surface area (Å²) >= 11 is 0. The highest BCUT2D eigenvalue weighted by Crippen LogP contribution is 2.26. The highest BCUT2D eigenvalue weighted by Gasteiger charge is 2.41. The molecule has 4 rings (SSSR count). The SMILES string of the molecule is C[C@@H](C(=O)Oc1ccc2ccc(=O)oc2c1)N1C(=O)c2ccccc2C1=O. The Labute approximate surface area is 152 Å². The molecule has 0 spiro atoms. The predicted molar refractivity (Wildman–Crippen MR) is 94.5 cm³/mol. The van der Waals surface area contributed by atoms with Crippen molar-refractivity contribution in [3.63, 3.8) is 0 Å². The van der Waals surface area contributed by atoms with Crippen LogP contribution in [0.1, 0.15) is 27.6 Å². The number of imide groups is 1. The first-order valence-electron chi connectivity index (χ1n) is 8.18. The van der Waals surface area contributed by atoms with E-state index in [9.17, 15) is 19.2 Å². The Hall–Kier alpha value is -3.74. The molecule has 1 atom stereocenters. The molecule has 0 saturated carbocycles. The van der Waals surface area contributed by atoms with Gasteiger partial charge in [-0.3, -0.25) is 14.5 Å². The lowest BCUT2D eigenvalue weighted by molar-refractivity contribution is -0.138. The van der Waals surface area contributed by atoms with Gasteiger partial charge in [0.15, 0.2) is 0 Å². The summed E-state index contributed by atoms with van der Waals surface area (Å²) in [5.74, 6) is -1.71. The van der Waals surface area contributed by atoms with E-state index in [4.69, 9.17) is 9.15 Å². The summed E-state index contributed by atoms with van der Waals surface area (Å²) in [5, 5.41) is 0.669. The molecule has 1 aromatic heterocycles. The Balaban J connectivity index is 1.58. The van der Waals surface area contributed by atoms with Gasteiger partial charge in [0, 0.05) is 17.5 Å². The van der Waals surface area contributed by atoms with E-state index < -0.39 is 29.5 Å². The predicted octanol–water partition coefficient (Wildman–Crippen LogP) is 2.38. The molecule has 134 valence electrons. The van der Waals surface area contributed by atoms with Crippen molar-refractivity contribution in [3.05, 3.63) is 76.1 Å². The van der Waals surface area contributed by atoms with Gasteiger partial charge in [-0.05, 0) is 37.3 Å². The van der Waals surface area contributed by atoms with Crippen LogP contribution in [0, 0.1) is 0 Å². The molecule has 1 aliphatic heterocycles. The van der Waals surface area contributed by atoms with Gasteiger partial charge in [0.25, 0.3) is 11.8 Å².